The number of hydrogen-bond donors (Lipinski definition) is 5. The van der Waals surface area contributed by atoms with Gasteiger partial charge in [0.25, 0.3) is 5.91 Å². The van der Waals surface area contributed by atoms with Crippen LogP contribution in [0.2, 0.25) is 0 Å². The first kappa shape index (κ1) is 26.8. The van der Waals surface area contributed by atoms with Gasteiger partial charge in [0.2, 0.25) is 5.91 Å². The summed E-state index contributed by atoms with van der Waals surface area (Å²) in [6.45, 7) is 2.34. The lowest BCUT2D eigenvalue weighted by Crippen LogP contribution is -2.25. The van der Waals surface area contributed by atoms with Crippen molar-refractivity contribution in [2.45, 2.75) is 51.5 Å². The maximum absolute atomic E-state index is 13.3. The predicted octanol–water partition coefficient (Wildman–Crippen LogP) is 2.83. The Morgan fingerprint density at radius 1 is 1.08 bits per heavy atom. The van der Waals surface area contributed by atoms with Crippen LogP contribution in [0.3, 0.4) is 0 Å². The Kier molecular flexibility index (Phi) is 9.93. The van der Waals surface area contributed by atoms with Crippen molar-refractivity contribution in [3.8, 4) is 0 Å². The molecule has 3 aromatic rings. The van der Waals surface area contributed by atoms with E-state index in [1.54, 1.807) is 24.3 Å². The lowest BCUT2D eigenvalue weighted by molar-refractivity contribution is -0.137. The molecule has 1 aliphatic rings. The number of nitrogens with zero attached hydrogens (tertiary/aromatic N) is 1. The van der Waals surface area contributed by atoms with E-state index in [9.17, 15) is 18.8 Å². The van der Waals surface area contributed by atoms with E-state index >= 15 is 0 Å². The third-order valence-electron chi connectivity index (χ3n) is 5.85. The molecule has 0 saturated carbocycles. The molecule has 4 rings (SSSR count). The van der Waals surface area contributed by atoms with E-state index in [1.165, 1.54) is 11.3 Å². The van der Waals surface area contributed by atoms with Gasteiger partial charge >= 0.3 is 5.97 Å². The normalized spacial score (nSPS) is 12.4. The number of rotatable bonds is 10. The highest BCUT2D eigenvalue weighted by atomic mass is 19.1. The quantitative estimate of drug-likeness (QED) is 0.272. The number of aryl methyl sites for hydroxylation is 1. The number of H-pyrrole nitrogens is 1. The molecule has 1 aromatic carbocycles. The molecule has 3 heterocycles. The molecule has 6 N–H and O–H groups in total. The number of unbranched alkanes of at least 4 members (excludes halogenated alkanes) is 1. The van der Waals surface area contributed by atoms with E-state index in [4.69, 9.17) is 15.8 Å². The van der Waals surface area contributed by atoms with Crippen molar-refractivity contribution in [2.24, 2.45) is 5.73 Å². The fourth-order valence-corrected chi connectivity index (χ4v) is 3.95. The summed E-state index contributed by atoms with van der Waals surface area (Å²) in [5, 5.41) is 15.0. The van der Waals surface area contributed by atoms with Crippen LogP contribution in [0.15, 0.2) is 36.4 Å². The molecular formula is C26H32FN5O4. The summed E-state index contributed by atoms with van der Waals surface area (Å²) in [5.74, 6) is -2.19. The summed E-state index contributed by atoms with van der Waals surface area (Å²) in [6.07, 6.45) is 4.71. The minimum atomic E-state index is -0.826. The van der Waals surface area contributed by atoms with E-state index in [2.05, 4.69) is 27.8 Å². The van der Waals surface area contributed by atoms with Crippen LogP contribution in [0, 0.1) is 5.82 Å². The number of benzene rings is 1. The van der Waals surface area contributed by atoms with Gasteiger partial charge in [-0.3, -0.25) is 19.4 Å². The van der Waals surface area contributed by atoms with Crippen LogP contribution >= 0.6 is 0 Å². The number of amides is 2. The molecule has 0 unspecified atom stereocenters. The van der Waals surface area contributed by atoms with Crippen LogP contribution in [-0.4, -0.2) is 45.9 Å². The van der Waals surface area contributed by atoms with Crippen molar-refractivity contribution in [2.75, 3.05) is 13.1 Å². The zero-order valence-electron chi connectivity index (χ0n) is 20.1. The van der Waals surface area contributed by atoms with Gasteiger partial charge in [0.15, 0.2) is 5.82 Å². The number of pyridine rings is 1. The number of aromatic nitrogens is 2. The third-order valence-corrected chi connectivity index (χ3v) is 5.85. The van der Waals surface area contributed by atoms with Crippen molar-refractivity contribution in [3.63, 3.8) is 0 Å². The van der Waals surface area contributed by atoms with Crippen LogP contribution in [0.25, 0.3) is 10.9 Å². The van der Waals surface area contributed by atoms with Crippen LogP contribution in [0.4, 0.5) is 4.39 Å². The van der Waals surface area contributed by atoms with E-state index < -0.39 is 17.7 Å². The summed E-state index contributed by atoms with van der Waals surface area (Å²) in [4.78, 5) is 40.0. The lowest BCUT2D eigenvalue weighted by atomic mass is 10.0. The first-order chi connectivity index (χ1) is 17.3. The molecule has 0 aliphatic carbocycles. The van der Waals surface area contributed by atoms with Crippen molar-refractivity contribution in [3.05, 3.63) is 64.9 Å². The molecule has 9 nitrogen and oxygen atoms in total. The summed E-state index contributed by atoms with van der Waals surface area (Å²) >= 11 is 0. The predicted molar refractivity (Wildman–Crippen MR) is 134 cm³/mol. The minimum Gasteiger partial charge on any atom is -0.481 e. The Morgan fingerprint density at radius 2 is 1.89 bits per heavy atom. The van der Waals surface area contributed by atoms with Crippen LogP contribution < -0.4 is 16.4 Å². The summed E-state index contributed by atoms with van der Waals surface area (Å²) < 4.78 is 13.3. The van der Waals surface area contributed by atoms with Crippen molar-refractivity contribution in [1.82, 2.24) is 20.6 Å². The van der Waals surface area contributed by atoms with Crippen LogP contribution in [0.1, 0.15) is 59.5 Å². The van der Waals surface area contributed by atoms with Gasteiger partial charge in [-0.1, -0.05) is 18.2 Å². The Hall–Kier alpha value is -3.79. The molecular weight excluding hydrogens is 465 g/mol. The molecule has 0 fully saturated rings. The SMILES string of the molecule is NC(=O)c1[nH]c2ccccc2c1F.O=C(O)CCCNC(=O)CCCCc1ccc2c(n1)CCNC2. The minimum absolute atomic E-state index is 0.000127. The van der Waals surface area contributed by atoms with E-state index in [0.29, 0.717) is 30.3 Å². The molecule has 0 bridgehead atoms. The highest BCUT2D eigenvalue weighted by molar-refractivity contribution is 5.97. The zero-order chi connectivity index (χ0) is 25.9. The summed E-state index contributed by atoms with van der Waals surface area (Å²) in [5.41, 5.74) is 8.98. The maximum Gasteiger partial charge on any atom is 0.303 e. The summed E-state index contributed by atoms with van der Waals surface area (Å²) in [6, 6.07) is 11.0. The Labute approximate surface area is 208 Å². The van der Waals surface area contributed by atoms with Gasteiger partial charge in [0, 0.05) is 61.2 Å². The fourth-order valence-electron chi connectivity index (χ4n) is 3.95. The number of carbonyl (C=O) groups excluding carboxylic acids is 2. The van der Waals surface area contributed by atoms with Crippen LogP contribution in [-0.2, 0) is 29.0 Å². The van der Waals surface area contributed by atoms with Gasteiger partial charge < -0.3 is 26.5 Å². The van der Waals surface area contributed by atoms with E-state index in [-0.39, 0.29) is 18.0 Å². The average molecular weight is 498 g/mol. The van der Waals surface area contributed by atoms with E-state index in [1.807, 2.05) is 0 Å². The van der Waals surface area contributed by atoms with Gasteiger partial charge in [-0.2, -0.15) is 0 Å². The smallest absolute Gasteiger partial charge is 0.303 e. The fraction of sp³-hybridized carbons (Fsp3) is 0.385. The standard InChI is InChI=1S/C17H25N3O3.C9H7FN2O/c21-16(19-10-3-6-17(22)23)5-2-1-4-14-8-7-13-12-18-11-9-15(13)20-14;10-7-5-3-1-2-4-6(5)12-8(7)9(11)13/h7-8,18H,1-6,9-12H2,(H,19,21)(H,22,23);1-4,12H,(H2,11,13). The molecule has 0 spiro atoms. The number of halogens is 1. The number of primary amides is 1. The highest BCUT2D eigenvalue weighted by Crippen LogP contribution is 2.19. The first-order valence-electron chi connectivity index (χ1n) is 12.1. The molecule has 1 aliphatic heterocycles. The second kappa shape index (κ2) is 13.3. The lowest BCUT2D eigenvalue weighted by Gasteiger charge is -2.16. The number of para-hydroxylation sites is 1. The van der Waals surface area contributed by atoms with Crippen molar-refractivity contribution < 1.29 is 23.9 Å². The van der Waals surface area contributed by atoms with Crippen molar-refractivity contribution >= 4 is 28.7 Å². The van der Waals surface area contributed by atoms with Gasteiger partial charge in [0.05, 0.1) is 0 Å². The molecule has 10 heteroatoms. The number of nitrogens with two attached hydrogens (primary N) is 1. The number of aromatic amines is 1. The van der Waals surface area contributed by atoms with Crippen LogP contribution in [0.5, 0.6) is 0 Å². The molecule has 192 valence electrons. The second-order valence-corrected chi connectivity index (χ2v) is 8.61. The highest BCUT2D eigenvalue weighted by Gasteiger charge is 2.14. The Morgan fingerprint density at radius 3 is 2.64 bits per heavy atom. The Bertz CT molecular complexity index is 1210. The van der Waals surface area contributed by atoms with Gasteiger partial charge in [-0.15, -0.1) is 0 Å². The topological polar surface area (TPSA) is 150 Å². The molecule has 0 saturated heterocycles. The number of fused-ring (bicyclic) bond motifs is 2. The number of aliphatic carboxylic acids is 1. The third kappa shape index (κ3) is 7.88. The van der Waals surface area contributed by atoms with Crippen molar-refractivity contribution in [1.29, 1.82) is 0 Å². The number of carboxylic acids is 1. The zero-order valence-corrected chi connectivity index (χ0v) is 20.1. The van der Waals surface area contributed by atoms with Gasteiger partial charge in [0.1, 0.15) is 5.69 Å². The Balaban J connectivity index is 0.000000233. The molecule has 0 atom stereocenters. The maximum atomic E-state index is 13.3. The molecule has 2 aromatic heterocycles. The van der Waals surface area contributed by atoms with E-state index in [0.717, 1.165) is 44.5 Å². The molecule has 0 radical (unpaired) electrons. The van der Waals surface area contributed by atoms with Gasteiger partial charge in [-0.25, -0.2) is 4.39 Å². The average Bonchev–Trinajstić information content (AvgIpc) is 3.21. The number of nitrogens with one attached hydrogen (secondary N) is 3. The summed E-state index contributed by atoms with van der Waals surface area (Å²) in [7, 11) is 0. The number of carboxylic acid groups (broad SMARTS) is 1. The second-order valence-electron chi connectivity index (χ2n) is 8.61. The molecule has 36 heavy (non-hydrogen) atoms. The number of hydrogen-bond acceptors (Lipinski definition) is 5. The monoisotopic (exact) mass is 497 g/mol. The largest absolute Gasteiger partial charge is 0.481 e. The first-order valence-corrected chi connectivity index (χ1v) is 12.1. The number of carbonyl (C=O) groups is 3. The van der Waals surface area contributed by atoms with Gasteiger partial charge in [-0.05, 0) is 49.4 Å². The molecule has 2 amide bonds.